The Hall–Kier alpha value is -1.85. The monoisotopic (exact) mass is 348 g/mol. The van der Waals surface area contributed by atoms with E-state index in [1.165, 1.54) is 0 Å². The quantitative estimate of drug-likeness (QED) is 0.892. The molecule has 0 atom stereocenters. The van der Waals surface area contributed by atoms with E-state index in [4.69, 9.17) is 0 Å². The lowest BCUT2D eigenvalue weighted by Crippen LogP contribution is -2.42. The molecule has 0 unspecified atom stereocenters. The van der Waals surface area contributed by atoms with Crippen LogP contribution in [-0.4, -0.2) is 34.8 Å². The fourth-order valence-electron chi connectivity index (χ4n) is 3.05. The molecule has 1 saturated heterocycles. The molecule has 0 bridgehead atoms. The molecule has 3 rings (SSSR count). The third kappa shape index (κ3) is 4.58. The average Bonchev–Trinajstić information content (AvgIpc) is 2.86. The van der Waals surface area contributed by atoms with Gasteiger partial charge < -0.3 is 10.6 Å². The Bertz CT molecular complexity index is 692. The maximum Gasteiger partial charge on any atom is 0.251 e. The van der Waals surface area contributed by atoms with Crippen molar-refractivity contribution in [3.8, 4) is 0 Å². The smallest absolute Gasteiger partial charge is 0.251 e. The van der Waals surface area contributed by atoms with Crippen molar-refractivity contribution in [1.29, 1.82) is 0 Å². The van der Waals surface area contributed by atoms with Crippen LogP contribution in [0.5, 0.6) is 0 Å². The van der Waals surface area contributed by atoms with E-state index in [-0.39, 0.29) is 24.4 Å². The van der Waals surface area contributed by atoms with E-state index in [0.29, 0.717) is 6.54 Å². The Labute approximate surface area is 149 Å². The molecule has 1 aromatic carbocycles. The van der Waals surface area contributed by atoms with Crippen molar-refractivity contribution in [3.05, 3.63) is 52.8 Å². The minimum Gasteiger partial charge on any atom is -0.349 e. The highest BCUT2D eigenvalue weighted by Crippen LogP contribution is 2.11. The van der Waals surface area contributed by atoms with Gasteiger partial charge in [0.05, 0.1) is 12.2 Å². The number of amides is 1. The molecule has 6 heteroatoms. The maximum atomic E-state index is 12.4. The summed E-state index contributed by atoms with van der Waals surface area (Å²) in [5, 5.41) is 10.9. The number of benzene rings is 1. The molecule has 2 heterocycles. The third-order valence-electron chi connectivity index (χ3n) is 4.30. The van der Waals surface area contributed by atoms with E-state index in [0.717, 1.165) is 48.4 Å². The standard InChI is InChI=1S/C18H24N4O.ClH/c1-13-10-14(2)22(21-13)12-15-4-3-5-16(11-15)18(23)20-17-6-8-19-9-7-17;/h3-5,10-11,17,19H,6-9,12H2,1-2H3,(H,20,23);1H. The van der Waals surface area contributed by atoms with E-state index in [1.807, 2.05) is 42.8 Å². The molecule has 0 radical (unpaired) electrons. The molecule has 2 N–H and O–H groups in total. The summed E-state index contributed by atoms with van der Waals surface area (Å²) < 4.78 is 1.97. The second-order valence-electron chi connectivity index (χ2n) is 6.28. The predicted octanol–water partition coefficient (Wildman–Crippen LogP) is 2.45. The topological polar surface area (TPSA) is 59.0 Å². The Balaban J connectivity index is 0.00000208. The summed E-state index contributed by atoms with van der Waals surface area (Å²) in [6, 6.07) is 10.2. The summed E-state index contributed by atoms with van der Waals surface area (Å²) in [5.41, 5.74) is 3.96. The van der Waals surface area contributed by atoms with Crippen molar-refractivity contribution in [2.45, 2.75) is 39.3 Å². The van der Waals surface area contributed by atoms with Crippen molar-refractivity contribution in [2.75, 3.05) is 13.1 Å². The number of carbonyl (C=O) groups is 1. The number of halogens is 1. The first-order valence-corrected chi connectivity index (χ1v) is 8.23. The molecule has 0 spiro atoms. The molecule has 1 aliphatic rings. The third-order valence-corrected chi connectivity index (χ3v) is 4.30. The minimum absolute atomic E-state index is 0. The second kappa shape index (κ2) is 8.31. The first-order valence-electron chi connectivity index (χ1n) is 8.23. The Morgan fingerprint density at radius 2 is 2.04 bits per heavy atom. The number of rotatable bonds is 4. The maximum absolute atomic E-state index is 12.4. The fraction of sp³-hybridized carbons (Fsp3) is 0.444. The highest BCUT2D eigenvalue weighted by molar-refractivity contribution is 5.94. The summed E-state index contributed by atoms with van der Waals surface area (Å²) in [6.45, 7) is 6.68. The van der Waals surface area contributed by atoms with Crippen LogP contribution in [0.15, 0.2) is 30.3 Å². The number of nitrogens with zero attached hydrogens (tertiary/aromatic N) is 2. The Kier molecular flexibility index (Phi) is 6.40. The molecular weight excluding hydrogens is 324 g/mol. The number of aromatic nitrogens is 2. The van der Waals surface area contributed by atoms with Crippen LogP contribution in [0.1, 0.15) is 40.2 Å². The number of hydrogen-bond acceptors (Lipinski definition) is 3. The van der Waals surface area contributed by atoms with Gasteiger partial charge in [0.15, 0.2) is 0 Å². The molecule has 2 aromatic rings. The highest BCUT2D eigenvalue weighted by atomic mass is 35.5. The van der Waals surface area contributed by atoms with Gasteiger partial charge >= 0.3 is 0 Å². The van der Waals surface area contributed by atoms with Gasteiger partial charge in [-0.1, -0.05) is 12.1 Å². The van der Waals surface area contributed by atoms with Gasteiger partial charge in [0.2, 0.25) is 0 Å². The van der Waals surface area contributed by atoms with Gasteiger partial charge in [-0.25, -0.2) is 0 Å². The van der Waals surface area contributed by atoms with E-state index in [1.54, 1.807) is 0 Å². The number of hydrogen-bond donors (Lipinski definition) is 2. The van der Waals surface area contributed by atoms with Crippen LogP contribution in [-0.2, 0) is 6.54 Å². The van der Waals surface area contributed by atoms with Crippen molar-refractivity contribution in [1.82, 2.24) is 20.4 Å². The fourth-order valence-corrected chi connectivity index (χ4v) is 3.05. The van der Waals surface area contributed by atoms with Gasteiger partial charge in [-0.2, -0.15) is 5.10 Å². The number of piperidine rings is 1. The summed E-state index contributed by atoms with van der Waals surface area (Å²) in [7, 11) is 0. The van der Waals surface area contributed by atoms with Crippen molar-refractivity contribution < 1.29 is 4.79 Å². The molecule has 1 aromatic heterocycles. The van der Waals surface area contributed by atoms with Crippen LogP contribution >= 0.6 is 12.4 Å². The second-order valence-corrected chi connectivity index (χ2v) is 6.28. The largest absolute Gasteiger partial charge is 0.349 e. The molecular formula is C18H25ClN4O. The lowest BCUT2D eigenvalue weighted by molar-refractivity contribution is 0.0929. The van der Waals surface area contributed by atoms with Gasteiger partial charge in [0, 0.05) is 17.3 Å². The molecule has 0 aliphatic carbocycles. The average molecular weight is 349 g/mol. The van der Waals surface area contributed by atoms with E-state index < -0.39 is 0 Å². The van der Waals surface area contributed by atoms with E-state index >= 15 is 0 Å². The summed E-state index contributed by atoms with van der Waals surface area (Å²) in [4.78, 5) is 12.4. The number of nitrogens with one attached hydrogen (secondary N) is 2. The van der Waals surface area contributed by atoms with Crippen LogP contribution in [0.3, 0.4) is 0 Å². The lowest BCUT2D eigenvalue weighted by Gasteiger charge is -2.23. The Morgan fingerprint density at radius 1 is 1.29 bits per heavy atom. The van der Waals surface area contributed by atoms with Gasteiger partial charge in [0.1, 0.15) is 0 Å². The van der Waals surface area contributed by atoms with Crippen molar-refractivity contribution in [2.24, 2.45) is 0 Å². The van der Waals surface area contributed by atoms with E-state index in [2.05, 4.69) is 21.8 Å². The van der Waals surface area contributed by atoms with Crippen molar-refractivity contribution in [3.63, 3.8) is 0 Å². The van der Waals surface area contributed by atoms with Crippen LogP contribution in [0.4, 0.5) is 0 Å². The van der Waals surface area contributed by atoms with Crippen LogP contribution in [0.2, 0.25) is 0 Å². The lowest BCUT2D eigenvalue weighted by atomic mass is 10.1. The molecule has 1 amide bonds. The normalized spacial score (nSPS) is 14.9. The van der Waals surface area contributed by atoms with Crippen LogP contribution in [0, 0.1) is 13.8 Å². The zero-order chi connectivity index (χ0) is 16.2. The number of carbonyl (C=O) groups excluding carboxylic acids is 1. The molecule has 0 saturated carbocycles. The highest BCUT2D eigenvalue weighted by Gasteiger charge is 2.16. The van der Waals surface area contributed by atoms with Crippen LogP contribution in [0.25, 0.3) is 0 Å². The summed E-state index contributed by atoms with van der Waals surface area (Å²) >= 11 is 0. The molecule has 5 nitrogen and oxygen atoms in total. The van der Waals surface area contributed by atoms with Gasteiger partial charge in [-0.15, -0.1) is 12.4 Å². The van der Waals surface area contributed by atoms with Gasteiger partial charge in [0.25, 0.3) is 5.91 Å². The predicted molar refractivity (Wildman–Crippen MR) is 97.9 cm³/mol. The van der Waals surface area contributed by atoms with Gasteiger partial charge in [-0.05, 0) is 63.5 Å². The first-order chi connectivity index (χ1) is 11.1. The van der Waals surface area contributed by atoms with Crippen molar-refractivity contribution >= 4 is 18.3 Å². The zero-order valence-corrected chi connectivity index (χ0v) is 15.0. The summed E-state index contributed by atoms with van der Waals surface area (Å²) in [5.74, 6) is 0.0205. The summed E-state index contributed by atoms with van der Waals surface area (Å²) in [6.07, 6.45) is 1.99. The van der Waals surface area contributed by atoms with E-state index in [9.17, 15) is 4.79 Å². The van der Waals surface area contributed by atoms with Gasteiger partial charge in [-0.3, -0.25) is 9.48 Å². The molecule has 1 fully saturated rings. The number of aryl methyl sites for hydroxylation is 2. The molecule has 24 heavy (non-hydrogen) atoms. The SMILES string of the molecule is Cc1cc(C)n(Cc2cccc(C(=O)NC3CCNCC3)c2)n1.Cl. The zero-order valence-electron chi connectivity index (χ0n) is 14.2. The Morgan fingerprint density at radius 3 is 2.71 bits per heavy atom. The molecule has 130 valence electrons. The first kappa shape index (κ1) is 18.5. The van der Waals surface area contributed by atoms with Crippen LogP contribution < -0.4 is 10.6 Å². The molecule has 1 aliphatic heterocycles. The minimum atomic E-state index is 0.